The van der Waals surface area contributed by atoms with Crippen LogP contribution >= 0.6 is 0 Å². The van der Waals surface area contributed by atoms with E-state index < -0.39 is 5.41 Å². The van der Waals surface area contributed by atoms with Crippen molar-refractivity contribution in [3.05, 3.63) is 155 Å². The first-order valence-electron chi connectivity index (χ1n) is 12.2. The van der Waals surface area contributed by atoms with Crippen LogP contribution in [-0.2, 0) is 18.3 Å². The van der Waals surface area contributed by atoms with E-state index in [1.807, 2.05) is 0 Å². The standard InChI is InChI=1S/C34H28/c1-3-25-17-19-26(20-18-25)28-22-21-27-12-6-4-5-11-24(2)34(33(27)23-28)31-15-9-7-13-29(31)30-14-8-10-16-32(30)34/h4-11,13-23H,2-3,12H2,1H3/b6-4-,11-5-. The highest BCUT2D eigenvalue weighted by molar-refractivity contribution is 5.87. The SMILES string of the molecule is C=C1/C=C\C=C/Cc2ccc(-c3ccc(CC)cc3)cc2C12c1ccccc1-c1ccccc12. The zero-order valence-electron chi connectivity index (χ0n) is 19.6. The average Bonchev–Trinajstić information content (AvgIpc) is 3.22. The molecule has 4 aromatic rings. The molecule has 0 radical (unpaired) electrons. The minimum Gasteiger partial charge on any atom is -0.0942 e. The molecule has 0 aliphatic heterocycles. The Morgan fingerprint density at radius 1 is 0.706 bits per heavy atom. The molecular weight excluding hydrogens is 408 g/mol. The lowest BCUT2D eigenvalue weighted by Crippen LogP contribution is -2.30. The van der Waals surface area contributed by atoms with Crippen molar-refractivity contribution in [3.63, 3.8) is 0 Å². The third-order valence-electron chi connectivity index (χ3n) is 7.53. The molecule has 0 amide bonds. The predicted octanol–water partition coefficient (Wildman–Crippen LogP) is 8.46. The maximum atomic E-state index is 4.69. The first-order valence-corrected chi connectivity index (χ1v) is 12.2. The molecule has 0 atom stereocenters. The fraction of sp³-hybridized carbons (Fsp3) is 0.118. The molecule has 0 fully saturated rings. The Morgan fingerprint density at radius 2 is 1.35 bits per heavy atom. The Balaban J connectivity index is 1.69. The Hall–Kier alpha value is -3.90. The third-order valence-corrected chi connectivity index (χ3v) is 7.53. The summed E-state index contributed by atoms with van der Waals surface area (Å²) in [6.07, 6.45) is 10.7. The van der Waals surface area contributed by atoms with Gasteiger partial charge in [0.2, 0.25) is 0 Å². The summed E-state index contributed by atoms with van der Waals surface area (Å²) in [5, 5.41) is 0. The van der Waals surface area contributed by atoms with Crippen LogP contribution in [0.5, 0.6) is 0 Å². The highest BCUT2D eigenvalue weighted by atomic mass is 14.5. The average molecular weight is 437 g/mol. The number of hydrogen-bond donors (Lipinski definition) is 0. The lowest BCUT2D eigenvalue weighted by molar-refractivity contribution is 0.760. The van der Waals surface area contributed by atoms with Crippen LogP contribution in [0.25, 0.3) is 22.3 Å². The first-order chi connectivity index (χ1) is 16.7. The smallest absolute Gasteiger partial charge is 0.0710 e. The summed E-state index contributed by atoms with van der Waals surface area (Å²) in [7, 11) is 0. The maximum Gasteiger partial charge on any atom is 0.0710 e. The Labute approximate surface area is 202 Å². The van der Waals surface area contributed by atoms with Gasteiger partial charge in [-0.2, -0.15) is 0 Å². The molecule has 2 aliphatic rings. The van der Waals surface area contributed by atoms with Crippen molar-refractivity contribution >= 4 is 0 Å². The van der Waals surface area contributed by atoms with Crippen molar-refractivity contribution in [2.75, 3.05) is 0 Å². The number of allylic oxidation sites excluding steroid dienone is 5. The summed E-state index contributed by atoms with van der Waals surface area (Å²) in [5.74, 6) is 0. The van der Waals surface area contributed by atoms with Gasteiger partial charge in [-0.1, -0.05) is 123 Å². The van der Waals surface area contributed by atoms with Crippen LogP contribution in [0.1, 0.15) is 34.7 Å². The van der Waals surface area contributed by atoms with Crippen molar-refractivity contribution in [3.8, 4) is 22.3 Å². The Bertz CT molecular complexity index is 1410. The van der Waals surface area contributed by atoms with Crippen LogP contribution in [0.3, 0.4) is 0 Å². The molecule has 0 aromatic heterocycles. The predicted molar refractivity (Wildman–Crippen MR) is 144 cm³/mol. The van der Waals surface area contributed by atoms with Crippen molar-refractivity contribution < 1.29 is 0 Å². The zero-order chi connectivity index (χ0) is 23.1. The van der Waals surface area contributed by atoms with E-state index >= 15 is 0 Å². The molecule has 2 aliphatic carbocycles. The molecule has 0 nitrogen and oxygen atoms in total. The van der Waals surface area contributed by atoms with E-state index in [-0.39, 0.29) is 0 Å². The van der Waals surface area contributed by atoms with E-state index in [1.165, 1.54) is 50.1 Å². The second-order valence-electron chi connectivity index (χ2n) is 9.28. The number of aryl methyl sites for hydroxylation is 1. The summed E-state index contributed by atoms with van der Waals surface area (Å²) < 4.78 is 0. The molecule has 0 saturated heterocycles. The molecule has 0 heterocycles. The van der Waals surface area contributed by atoms with Crippen molar-refractivity contribution in [1.82, 2.24) is 0 Å². The summed E-state index contributed by atoms with van der Waals surface area (Å²) in [4.78, 5) is 0. The normalized spacial score (nSPS) is 17.1. The van der Waals surface area contributed by atoms with E-state index in [4.69, 9.17) is 6.58 Å². The monoisotopic (exact) mass is 436 g/mol. The van der Waals surface area contributed by atoms with Crippen LogP contribution < -0.4 is 0 Å². The molecule has 0 heteroatoms. The largest absolute Gasteiger partial charge is 0.0942 e. The molecule has 0 bridgehead atoms. The van der Waals surface area contributed by atoms with Gasteiger partial charge in [0.15, 0.2) is 0 Å². The number of benzene rings is 4. The minimum absolute atomic E-state index is 0.412. The highest BCUT2D eigenvalue weighted by Gasteiger charge is 2.47. The summed E-state index contributed by atoms with van der Waals surface area (Å²) >= 11 is 0. The molecule has 4 aromatic carbocycles. The van der Waals surface area contributed by atoms with Crippen LogP contribution in [-0.4, -0.2) is 0 Å². The van der Waals surface area contributed by atoms with E-state index in [0.29, 0.717) is 0 Å². The highest BCUT2D eigenvalue weighted by Crippen LogP contribution is 2.57. The topological polar surface area (TPSA) is 0 Å². The second-order valence-corrected chi connectivity index (χ2v) is 9.28. The lowest BCUT2D eigenvalue weighted by Gasteiger charge is -2.36. The zero-order valence-corrected chi connectivity index (χ0v) is 19.6. The first kappa shape index (κ1) is 20.7. The molecule has 164 valence electrons. The van der Waals surface area contributed by atoms with Gasteiger partial charge in [0.25, 0.3) is 0 Å². The van der Waals surface area contributed by atoms with Crippen molar-refractivity contribution in [1.29, 1.82) is 0 Å². The van der Waals surface area contributed by atoms with Gasteiger partial charge in [0, 0.05) is 0 Å². The van der Waals surface area contributed by atoms with Gasteiger partial charge in [-0.15, -0.1) is 0 Å². The van der Waals surface area contributed by atoms with Gasteiger partial charge in [-0.3, -0.25) is 0 Å². The quantitative estimate of drug-likeness (QED) is 0.296. The summed E-state index contributed by atoms with van der Waals surface area (Å²) in [5.41, 5.74) is 12.5. The number of hydrogen-bond acceptors (Lipinski definition) is 0. The molecular formula is C34H28. The molecule has 1 spiro atoms. The van der Waals surface area contributed by atoms with Crippen LogP contribution in [0.15, 0.2) is 127 Å². The van der Waals surface area contributed by atoms with Gasteiger partial charge in [0.05, 0.1) is 5.41 Å². The fourth-order valence-corrected chi connectivity index (χ4v) is 5.83. The van der Waals surface area contributed by atoms with E-state index in [1.54, 1.807) is 0 Å². The van der Waals surface area contributed by atoms with E-state index in [0.717, 1.165) is 18.4 Å². The molecule has 0 unspecified atom stereocenters. The fourth-order valence-electron chi connectivity index (χ4n) is 5.83. The van der Waals surface area contributed by atoms with Crippen molar-refractivity contribution in [2.24, 2.45) is 0 Å². The van der Waals surface area contributed by atoms with E-state index in [9.17, 15) is 0 Å². The van der Waals surface area contributed by atoms with Gasteiger partial charge in [0.1, 0.15) is 0 Å². The lowest BCUT2D eigenvalue weighted by atomic mass is 9.65. The second kappa shape index (κ2) is 8.15. The van der Waals surface area contributed by atoms with Gasteiger partial charge < -0.3 is 0 Å². The maximum absolute atomic E-state index is 4.69. The molecule has 6 rings (SSSR count). The van der Waals surface area contributed by atoms with E-state index in [2.05, 4.69) is 122 Å². The van der Waals surface area contributed by atoms with Gasteiger partial charge in [-0.05, 0) is 74.6 Å². The summed E-state index contributed by atoms with van der Waals surface area (Å²) in [6.45, 7) is 6.90. The third kappa shape index (κ3) is 2.99. The van der Waals surface area contributed by atoms with Crippen molar-refractivity contribution in [2.45, 2.75) is 25.2 Å². The number of rotatable bonds is 2. The van der Waals surface area contributed by atoms with Gasteiger partial charge in [-0.25, -0.2) is 0 Å². The minimum atomic E-state index is -0.412. The van der Waals surface area contributed by atoms with Crippen LogP contribution in [0.2, 0.25) is 0 Å². The molecule has 0 N–H and O–H groups in total. The van der Waals surface area contributed by atoms with Crippen LogP contribution in [0.4, 0.5) is 0 Å². The Kier molecular flexibility index (Phi) is 4.96. The Morgan fingerprint density at radius 3 is 2.03 bits per heavy atom. The van der Waals surface area contributed by atoms with Gasteiger partial charge >= 0.3 is 0 Å². The summed E-state index contributed by atoms with van der Waals surface area (Å²) in [6, 6.07) is 33.8. The molecule has 34 heavy (non-hydrogen) atoms. The van der Waals surface area contributed by atoms with Crippen LogP contribution in [0, 0.1) is 0 Å². The molecule has 0 saturated carbocycles. The number of fused-ring (bicyclic) bond motifs is 7.